The second-order valence-electron chi connectivity index (χ2n) is 6.04. The summed E-state index contributed by atoms with van der Waals surface area (Å²) in [6, 6.07) is 7.82. The lowest BCUT2D eigenvalue weighted by molar-refractivity contribution is 0.0980. The fourth-order valence-corrected chi connectivity index (χ4v) is 3.10. The fourth-order valence-electron chi connectivity index (χ4n) is 3.10. The Hall–Kier alpha value is -2.30. The molecule has 1 N–H and O–H groups in total. The van der Waals surface area contributed by atoms with Crippen LogP contribution < -0.4 is 9.64 Å². The molecule has 1 fully saturated rings. The summed E-state index contributed by atoms with van der Waals surface area (Å²) in [6.07, 6.45) is 4.33. The van der Waals surface area contributed by atoms with Gasteiger partial charge in [0, 0.05) is 23.8 Å². The van der Waals surface area contributed by atoms with Crippen molar-refractivity contribution in [2.24, 2.45) is 0 Å². The molecule has 5 nitrogen and oxygen atoms in total. The summed E-state index contributed by atoms with van der Waals surface area (Å²) in [4.78, 5) is 14.6. The van der Waals surface area contributed by atoms with Crippen molar-refractivity contribution >= 4 is 11.6 Å². The molecule has 1 saturated carbocycles. The summed E-state index contributed by atoms with van der Waals surface area (Å²) in [6.45, 7) is 0.740. The van der Waals surface area contributed by atoms with Gasteiger partial charge in [-0.05, 0) is 55.5 Å². The van der Waals surface area contributed by atoms with Crippen LogP contribution in [0.5, 0.6) is 5.75 Å². The van der Waals surface area contributed by atoms with Crippen molar-refractivity contribution in [3.8, 4) is 5.75 Å². The number of H-pyrrole nitrogens is 1. The average Bonchev–Trinajstić information content (AvgIpc) is 3.30. The molecule has 0 saturated heterocycles. The minimum Gasteiger partial charge on any atom is -0.497 e. The number of rotatable bonds is 3. The zero-order valence-electron chi connectivity index (χ0n) is 12.6. The van der Waals surface area contributed by atoms with Crippen LogP contribution in [0.3, 0.4) is 0 Å². The zero-order chi connectivity index (χ0) is 15.1. The molecule has 114 valence electrons. The van der Waals surface area contributed by atoms with Crippen LogP contribution in [-0.2, 0) is 6.42 Å². The van der Waals surface area contributed by atoms with E-state index in [0.717, 1.165) is 42.1 Å². The summed E-state index contributed by atoms with van der Waals surface area (Å²) < 4.78 is 5.28. The third kappa shape index (κ3) is 2.26. The molecule has 0 spiro atoms. The number of methoxy groups -OCH3 is 1. The molecular formula is C17H19N3O2. The highest BCUT2D eigenvalue weighted by Crippen LogP contribution is 2.39. The molecule has 1 aromatic heterocycles. The maximum Gasteiger partial charge on any atom is 0.278 e. The Morgan fingerprint density at radius 1 is 1.36 bits per heavy atom. The minimum atomic E-state index is -0.0192. The normalized spacial score (nSPS) is 17.2. The number of anilines is 1. The second kappa shape index (κ2) is 5.16. The lowest BCUT2D eigenvalue weighted by atomic mass is 10.0. The second-order valence-corrected chi connectivity index (χ2v) is 6.04. The van der Waals surface area contributed by atoms with Crippen LogP contribution in [0.25, 0.3) is 0 Å². The number of hydrogen-bond acceptors (Lipinski definition) is 3. The molecule has 0 bridgehead atoms. The number of nitrogens with one attached hydrogen (secondary N) is 1. The number of amides is 1. The van der Waals surface area contributed by atoms with Crippen LogP contribution in [0.2, 0.25) is 0 Å². The summed E-state index contributed by atoms with van der Waals surface area (Å²) in [5, 5.41) is 7.23. The average molecular weight is 297 g/mol. The van der Waals surface area contributed by atoms with Crippen LogP contribution in [0.4, 0.5) is 5.69 Å². The van der Waals surface area contributed by atoms with Crippen molar-refractivity contribution < 1.29 is 9.53 Å². The van der Waals surface area contributed by atoms with E-state index in [1.807, 2.05) is 29.2 Å². The van der Waals surface area contributed by atoms with Crippen LogP contribution in [0.15, 0.2) is 24.3 Å². The number of nitrogens with zero attached hydrogens (tertiary/aromatic N) is 2. The summed E-state index contributed by atoms with van der Waals surface area (Å²) >= 11 is 0. The summed E-state index contributed by atoms with van der Waals surface area (Å²) in [7, 11) is 1.66. The number of aryl methyl sites for hydroxylation is 1. The lowest BCUT2D eigenvalue weighted by Gasteiger charge is -2.29. The molecule has 2 aliphatic rings. The number of aromatic nitrogens is 2. The van der Waals surface area contributed by atoms with E-state index in [1.54, 1.807) is 7.11 Å². The van der Waals surface area contributed by atoms with Crippen LogP contribution in [0, 0.1) is 0 Å². The minimum absolute atomic E-state index is 0.0192. The van der Waals surface area contributed by atoms with Crippen molar-refractivity contribution in [3.63, 3.8) is 0 Å². The SMILES string of the molecule is COc1ccc2c(c1)CCCN2C(=O)c1cc(C2CC2)[nH]n1. The van der Waals surface area contributed by atoms with Crippen LogP contribution in [0.1, 0.15) is 46.9 Å². The molecule has 5 heteroatoms. The summed E-state index contributed by atoms with van der Waals surface area (Å²) in [5.74, 6) is 1.39. The molecule has 22 heavy (non-hydrogen) atoms. The smallest absolute Gasteiger partial charge is 0.278 e. The van der Waals surface area contributed by atoms with Crippen molar-refractivity contribution in [2.75, 3.05) is 18.6 Å². The standard InChI is InChI=1S/C17H19N3O2/c1-22-13-6-7-16-12(9-13)3-2-8-20(16)17(21)15-10-14(18-19-15)11-4-5-11/h6-7,9-11H,2-5,8H2,1H3,(H,18,19). The van der Waals surface area contributed by atoms with Gasteiger partial charge in [-0.25, -0.2) is 0 Å². The highest BCUT2D eigenvalue weighted by atomic mass is 16.5. The van der Waals surface area contributed by atoms with Gasteiger partial charge in [-0.3, -0.25) is 9.89 Å². The molecule has 1 aliphatic carbocycles. The van der Waals surface area contributed by atoms with Gasteiger partial charge in [0.2, 0.25) is 0 Å². The van der Waals surface area contributed by atoms with E-state index in [9.17, 15) is 4.79 Å². The maximum absolute atomic E-state index is 12.8. The van der Waals surface area contributed by atoms with Gasteiger partial charge in [0.15, 0.2) is 5.69 Å². The van der Waals surface area contributed by atoms with E-state index in [2.05, 4.69) is 10.2 Å². The highest BCUT2D eigenvalue weighted by Gasteiger charge is 2.29. The van der Waals surface area contributed by atoms with E-state index in [-0.39, 0.29) is 5.91 Å². The van der Waals surface area contributed by atoms with Gasteiger partial charge >= 0.3 is 0 Å². The number of benzene rings is 1. The van der Waals surface area contributed by atoms with Gasteiger partial charge < -0.3 is 9.64 Å². The van der Waals surface area contributed by atoms with E-state index >= 15 is 0 Å². The molecule has 4 rings (SSSR count). The predicted molar refractivity (Wildman–Crippen MR) is 83.6 cm³/mol. The van der Waals surface area contributed by atoms with E-state index in [1.165, 1.54) is 12.8 Å². The Labute approximate surface area is 129 Å². The fraction of sp³-hybridized carbons (Fsp3) is 0.412. The molecule has 2 heterocycles. The van der Waals surface area contributed by atoms with Gasteiger partial charge in [0.1, 0.15) is 5.75 Å². The van der Waals surface area contributed by atoms with E-state index < -0.39 is 0 Å². The molecule has 1 aromatic carbocycles. The molecule has 0 atom stereocenters. The van der Waals surface area contributed by atoms with Crippen LogP contribution in [-0.4, -0.2) is 29.8 Å². The number of hydrogen-bond donors (Lipinski definition) is 1. The Balaban J connectivity index is 1.63. The van der Waals surface area contributed by atoms with Crippen molar-refractivity contribution in [3.05, 3.63) is 41.2 Å². The van der Waals surface area contributed by atoms with Gasteiger partial charge in [0.05, 0.1) is 7.11 Å². The predicted octanol–water partition coefficient (Wildman–Crippen LogP) is 2.89. The number of ether oxygens (including phenoxy) is 1. The topological polar surface area (TPSA) is 58.2 Å². The Kier molecular flexibility index (Phi) is 3.13. The van der Waals surface area contributed by atoms with E-state index in [0.29, 0.717) is 11.6 Å². The first kappa shape index (κ1) is 13.4. The Bertz CT molecular complexity index is 718. The van der Waals surface area contributed by atoms with Gasteiger partial charge in [-0.2, -0.15) is 5.10 Å². The maximum atomic E-state index is 12.8. The third-order valence-corrected chi connectivity index (χ3v) is 4.48. The number of carbonyl (C=O) groups is 1. The van der Waals surface area contributed by atoms with Gasteiger partial charge in [-0.15, -0.1) is 0 Å². The van der Waals surface area contributed by atoms with E-state index in [4.69, 9.17) is 4.74 Å². The molecule has 1 amide bonds. The van der Waals surface area contributed by atoms with Crippen molar-refractivity contribution in [1.29, 1.82) is 0 Å². The molecule has 0 radical (unpaired) electrons. The molecule has 2 aromatic rings. The third-order valence-electron chi connectivity index (χ3n) is 4.48. The molecular weight excluding hydrogens is 278 g/mol. The quantitative estimate of drug-likeness (QED) is 0.947. The highest BCUT2D eigenvalue weighted by molar-refractivity contribution is 6.05. The first-order valence-corrected chi connectivity index (χ1v) is 7.80. The lowest BCUT2D eigenvalue weighted by Crippen LogP contribution is -2.35. The first-order valence-electron chi connectivity index (χ1n) is 7.80. The molecule has 1 aliphatic heterocycles. The monoisotopic (exact) mass is 297 g/mol. The number of carbonyl (C=O) groups excluding carboxylic acids is 1. The Morgan fingerprint density at radius 3 is 3.00 bits per heavy atom. The van der Waals surface area contributed by atoms with Crippen LogP contribution >= 0.6 is 0 Å². The number of fused-ring (bicyclic) bond motifs is 1. The Morgan fingerprint density at radius 2 is 2.23 bits per heavy atom. The van der Waals surface area contributed by atoms with Crippen molar-refractivity contribution in [1.82, 2.24) is 10.2 Å². The number of aromatic amines is 1. The molecule has 0 unspecified atom stereocenters. The zero-order valence-corrected chi connectivity index (χ0v) is 12.6. The van der Waals surface area contributed by atoms with Crippen molar-refractivity contribution in [2.45, 2.75) is 31.6 Å². The first-order chi connectivity index (χ1) is 10.8. The largest absolute Gasteiger partial charge is 0.497 e. The van der Waals surface area contributed by atoms with Gasteiger partial charge in [0.25, 0.3) is 5.91 Å². The summed E-state index contributed by atoms with van der Waals surface area (Å²) in [5.41, 5.74) is 3.76. The van der Waals surface area contributed by atoms with Gasteiger partial charge in [-0.1, -0.05) is 0 Å².